The van der Waals surface area contributed by atoms with Crippen LogP contribution in [0.25, 0.3) is 0 Å². The van der Waals surface area contributed by atoms with Gasteiger partial charge in [-0.2, -0.15) is 0 Å². The summed E-state index contributed by atoms with van der Waals surface area (Å²) in [6.07, 6.45) is 9.13. The van der Waals surface area contributed by atoms with Crippen molar-refractivity contribution in [3.8, 4) is 0 Å². The molecule has 0 rings (SSSR count). The number of hydrogen-bond acceptors (Lipinski definition) is 4. The van der Waals surface area contributed by atoms with E-state index in [4.69, 9.17) is 20.9 Å². The predicted molar refractivity (Wildman–Crippen MR) is 76.7 cm³/mol. The molecule has 0 fully saturated rings. The van der Waals surface area contributed by atoms with Crippen molar-refractivity contribution in [2.45, 2.75) is 51.4 Å². The molecule has 0 aliphatic heterocycles. The summed E-state index contributed by atoms with van der Waals surface area (Å²) < 4.78 is 11.0. The maximum Gasteiger partial charge on any atom is 0.0466 e. The van der Waals surface area contributed by atoms with Crippen LogP contribution in [-0.4, -0.2) is 39.5 Å². The van der Waals surface area contributed by atoms with Crippen LogP contribution in [0.1, 0.15) is 51.4 Å². The highest BCUT2D eigenvalue weighted by molar-refractivity contribution is 4.45. The standard InChI is InChI=1S/C14H32N2O2/c15-9-3-7-13-17-11-5-1-2-6-12-18-14-8-4-10-16/h1-16H2. The maximum absolute atomic E-state index is 5.51. The van der Waals surface area contributed by atoms with Crippen molar-refractivity contribution in [1.82, 2.24) is 0 Å². The first kappa shape index (κ1) is 17.8. The number of hydrogen-bond donors (Lipinski definition) is 2. The zero-order valence-corrected chi connectivity index (χ0v) is 11.9. The first-order valence-corrected chi connectivity index (χ1v) is 7.47. The van der Waals surface area contributed by atoms with Crippen molar-refractivity contribution < 1.29 is 9.47 Å². The van der Waals surface area contributed by atoms with Crippen molar-refractivity contribution in [2.75, 3.05) is 39.5 Å². The Kier molecular flexibility index (Phi) is 16.7. The number of rotatable bonds is 15. The van der Waals surface area contributed by atoms with Gasteiger partial charge in [0.1, 0.15) is 0 Å². The molecule has 0 aliphatic carbocycles. The van der Waals surface area contributed by atoms with Crippen LogP contribution in [0.5, 0.6) is 0 Å². The van der Waals surface area contributed by atoms with E-state index in [1.807, 2.05) is 0 Å². The predicted octanol–water partition coefficient (Wildman–Crippen LogP) is 2.06. The lowest BCUT2D eigenvalue weighted by atomic mass is 10.2. The molecule has 0 bridgehead atoms. The molecule has 0 saturated carbocycles. The summed E-state index contributed by atoms with van der Waals surface area (Å²) in [6.45, 7) is 5.05. The summed E-state index contributed by atoms with van der Waals surface area (Å²) in [6, 6.07) is 0. The third kappa shape index (κ3) is 15.8. The molecule has 0 amide bonds. The lowest BCUT2D eigenvalue weighted by molar-refractivity contribution is 0.118. The second-order valence-electron chi connectivity index (χ2n) is 4.63. The van der Waals surface area contributed by atoms with Crippen LogP contribution in [-0.2, 0) is 9.47 Å². The Hall–Kier alpha value is -0.160. The van der Waals surface area contributed by atoms with Gasteiger partial charge in [0.05, 0.1) is 0 Å². The minimum atomic E-state index is 0.772. The first-order chi connectivity index (χ1) is 8.91. The highest BCUT2D eigenvalue weighted by atomic mass is 16.5. The molecule has 0 aliphatic rings. The van der Waals surface area contributed by atoms with Gasteiger partial charge in [0.25, 0.3) is 0 Å². The zero-order chi connectivity index (χ0) is 13.3. The van der Waals surface area contributed by atoms with E-state index in [0.717, 1.165) is 78.0 Å². The molecule has 0 aromatic heterocycles. The Bertz CT molecular complexity index is 130. The highest BCUT2D eigenvalue weighted by Crippen LogP contribution is 2.01. The van der Waals surface area contributed by atoms with E-state index >= 15 is 0 Å². The van der Waals surface area contributed by atoms with Crippen molar-refractivity contribution >= 4 is 0 Å². The van der Waals surface area contributed by atoms with Crippen LogP contribution in [0, 0.1) is 0 Å². The summed E-state index contributed by atoms with van der Waals surface area (Å²) in [5, 5.41) is 0. The summed E-state index contributed by atoms with van der Waals surface area (Å²) in [7, 11) is 0. The lowest BCUT2D eigenvalue weighted by Gasteiger charge is -2.05. The Labute approximate surface area is 112 Å². The van der Waals surface area contributed by atoms with E-state index in [1.165, 1.54) is 12.8 Å². The number of unbranched alkanes of at least 4 members (excludes halogenated alkanes) is 5. The maximum atomic E-state index is 5.51. The van der Waals surface area contributed by atoms with E-state index in [1.54, 1.807) is 0 Å². The Morgan fingerprint density at radius 2 is 0.778 bits per heavy atom. The van der Waals surface area contributed by atoms with Gasteiger partial charge in [-0.1, -0.05) is 12.8 Å². The minimum Gasteiger partial charge on any atom is -0.381 e. The van der Waals surface area contributed by atoms with Gasteiger partial charge in [0.15, 0.2) is 0 Å². The van der Waals surface area contributed by atoms with E-state index in [-0.39, 0.29) is 0 Å². The smallest absolute Gasteiger partial charge is 0.0466 e. The van der Waals surface area contributed by atoms with Crippen LogP contribution >= 0.6 is 0 Å². The van der Waals surface area contributed by atoms with E-state index in [9.17, 15) is 0 Å². The van der Waals surface area contributed by atoms with Gasteiger partial charge in [-0.15, -0.1) is 0 Å². The van der Waals surface area contributed by atoms with E-state index in [2.05, 4.69) is 0 Å². The van der Waals surface area contributed by atoms with Gasteiger partial charge in [-0.05, 0) is 51.6 Å². The van der Waals surface area contributed by atoms with Gasteiger partial charge in [-0.25, -0.2) is 0 Å². The van der Waals surface area contributed by atoms with Gasteiger partial charge in [0, 0.05) is 26.4 Å². The lowest BCUT2D eigenvalue weighted by Crippen LogP contribution is -2.03. The fourth-order valence-corrected chi connectivity index (χ4v) is 1.66. The average molecular weight is 260 g/mol. The summed E-state index contributed by atoms with van der Waals surface area (Å²) in [4.78, 5) is 0. The molecule has 4 N–H and O–H groups in total. The number of ether oxygens (including phenoxy) is 2. The molecule has 0 aromatic rings. The summed E-state index contributed by atoms with van der Waals surface area (Å²) in [5.41, 5.74) is 10.8. The molecule has 0 unspecified atom stereocenters. The van der Waals surface area contributed by atoms with Crippen LogP contribution < -0.4 is 11.5 Å². The zero-order valence-electron chi connectivity index (χ0n) is 11.9. The van der Waals surface area contributed by atoms with Crippen molar-refractivity contribution in [2.24, 2.45) is 11.5 Å². The van der Waals surface area contributed by atoms with Gasteiger partial charge in [-0.3, -0.25) is 0 Å². The summed E-state index contributed by atoms with van der Waals surface area (Å²) in [5.74, 6) is 0. The van der Waals surface area contributed by atoms with E-state index < -0.39 is 0 Å². The van der Waals surface area contributed by atoms with Crippen molar-refractivity contribution in [3.05, 3.63) is 0 Å². The highest BCUT2D eigenvalue weighted by Gasteiger charge is 1.93. The SMILES string of the molecule is NCCCCOCCCCCCOCCCCN. The molecule has 0 aromatic carbocycles. The second kappa shape index (κ2) is 16.8. The molecule has 4 nitrogen and oxygen atoms in total. The Morgan fingerprint density at radius 3 is 1.11 bits per heavy atom. The third-order valence-electron chi connectivity index (χ3n) is 2.81. The topological polar surface area (TPSA) is 70.5 Å². The monoisotopic (exact) mass is 260 g/mol. The molecule has 18 heavy (non-hydrogen) atoms. The minimum absolute atomic E-state index is 0.772. The fraction of sp³-hybridized carbons (Fsp3) is 1.00. The van der Waals surface area contributed by atoms with E-state index in [0.29, 0.717) is 0 Å². The Morgan fingerprint density at radius 1 is 0.444 bits per heavy atom. The molecule has 110 valence electrons. The molecule has 0 spiro atoms. The molecule has 0 heterocycles. The van der Waals surface area contributed by atoms with Crippen LogP contribution in [0.4, 0.5) is 0 Å². The Balaban J connectivity index is 2.86. The molecular formula is C14H32N2O2. The van der Waals surface area contributed by atoms with Crippen molar-refractivity contribution in [1.29, 1.82) is 0 Å². The number of nitrogens with two attached hydrogens (primary N) is 2. The van der Waals surface area contributed by atoms with Gasteiger partial charge < -0.3 is 20.9 Å². The van der Waals surface area contributed by atoms with Gasteiger partial charge in [0.2, 0.25) is 0 Å². The van der Waals surface area contributed by atoms with Crippen LogP contribution in [0.15, 0.2) is 0 Å². The van der Waals surface area contributed by atoms with Crippen molar-refractivity contribution in [3.63, 3.8) is 0 Å². The molecular weight excluding hydrogens is 228 g/mol. The van der Waals surface area contributed by atoms with Gasteiger partial charge >= 0.3 is 0 Å². The van der Waals surface area contributed by atoms with Crippen LogP contribution in [0.3, 0.4) is 0 Å². The third-order valence-corrected chi connectivity index (χ3v) is 2.81. The molecule has 0 saturated heterocycles. The van der Waals surface area contributed by atoms with Crippen LogP contribution in [0.2, 0.25) is 0 Å². The normalized spacial score (nSPS) is 11.0. The summed E-state index contributed by atoms with van der Waals surface area (Å²) >= 11 is 0. The molecule has 0 radical (unpaired) electrons. The second-order valence-corrected chi connectivity index (χ2v) is 4.63. The molecule has 4 heteroatoms. The quantitative estimate of drug-likeness (QED) is 0.442. The fourth-order valence-electron chi connectivity index (χ4n) is 1.66. The molecule has 0 atom stereocenters. The largest absolute Gasteiger partial charge is 0.381 e. The first-order valence-electron chi connectivity index (χ1n) is 7.47. The average Bonchev–Trinajstić information content (AvgIpc) is 2.39.